The van der Waals surface area contributed by atoms with Gasteiger partial charge in [0.15, 0.2) is 0 Å². The van der Waals surface area contributed by atoms with Crippen molar-refractivity contribution < 1.29 is 9.53 Å². The van der Waals surface area contributed by atoms with Crippen molar-refractivity contribution in [3.05, 3.63) is 18.1 Å². The maximum absolute atomic E-state index is 10.9. The zero-order chi connectivity index (χ0) is 13.2. The molecule has 0 unspecified atom stereocenters. The molecule has 18 heavy (non-hydrogen) atoms. The van der Waals surface area contributed by atoms with Crippen LogP contribution >= 0.6 is 11.8 Å². The van der Waals surface area contributed by atoms with Crippen LogP contribution in [0.5, 0.6) is 0 Å². The van der Waals surface area contributed by atoms with E-state index in [-0.39, 0.29) is 5.97 Å². The van der Waals surface area contributed by atoms with Crippen LogP contribution in [0.4, 0.5) is 5.82 Å². The van der Waals surface area contributed by atoms with Crippen molar-refractivity contribution >= 4 is 23.5 Å². The number of carbonyl (C=O) groups is 1. The predicted molar refractivity (Wildman–Crippen MR) is 73.6 cm³/mol. The number of nitrogens with zero attached hydrogens (tertiary/aromatic N) is 2. The van der Waals surface area contributed by atoms with Crippen molar-refractivity contribution in [1.82, 2.24) is 9.97 Å². The van der Waals surface area contributed by atoms with Crippen LogP contribution in [0.3, 0.4) is 0 Å². The van der Waals surface area contributed by atoms with E-state index in [1.54, 1.807) is 24.2 Å². The molecule has 100 valence electrons. The van der Waals surface area contributed by atoms with Crippen LogP contribution in [0, 0.1) is 0 Å². The van der Waals surface area contributed by atoms with Gasteiger partial charge >= 0.3 is 5.97 Å². The van der Waals surface area contributed by atoms with Gasteiger partial charge in [-0.3, -0.25) is 9.78 Å². The van der Waals surface area contributed by atoms with Crippen molar-refractivity contribution in [1.29, 1.82) is 0 Å². The number of methoxy groups -OCH3 is 1. The summed E-state index contributed by atoms with van der Waals surface area (Å²) in [5, 5.41) is 3.17. The van der Waals surface area contributed by atoms with Crippen LogP contribution in [0.2, 0.25) is 0 Å². The summed E-state index contributed by atoms with van der Waals surface area (Å²) >= 11 is 1.65. The molecule has 1 rings (SSSR count). The number of hydrogen-bond donors (Lipinski definition) is 1. The highest BCUT2D eigenvalue weighted by molar-refractivity contribution is 7.98. The molecule has 0 aliphatic heterocycles. The van der Waals surface area contributed by atoms with Crippen LogP contribution in [0.25, 0.3) is 0 Å². The molecule has 0 saturated carbocycles. The fourth-order valence-corrected chi connectivity index (χ4v) is 2.02. The van der Waals surface area contributed by atoms with E-state index in [1.165, 1.54) is 7.11 Å². The van der Waals surface area contributed by atoms with E-state index in [2.05, 4.69) is 26.9 Å². The van der Waals surface area contributed by atoms with Gasteiger partial charge in [-0.05, 0) is 6.42 Å². The Kier molecular flexibility index (Phi) is 7.17. The Bertz CT molecular complexity index is 357. The molecule has 0 bridgehead atoms. The Labute approximate surface area is 112 Å². The van der Waals surface area contributed by atoms with E-state index < -0.39 is 0 Å². The molecular weight excluding hydrogens is 250 g/mol. The summed E-state index contributed by atoms with van der Waals surface area (Å²) in [6.45, 7) is 3.01. The molecule has 0 fully saturated rings. The molecule has 1 aromatic rings. The Morgan fingerprint density at radius 3 is 2.89 bits per heavy atom. The SMILES string of the molecule is CCCNc1cnc(CSCCC(=O)OC)cn1. The number of carbonyl (C=O) groups excluding carboxylic acids is 1. The number of ether oxygens (including phenoxy) is 1. The second-order valence-electron chi connectivity index (χ2n) is 3.70. The second kappa shape index (κ2) is 8.74. The average Bonchev–Trinajstić information content (AvgIpc) is 2.42. The highest BCUT2D eigenvalue weighted by atomic mass is 32.2. The highest BCUT2D eigenvalue weighted by Crippen LogP contribution is 2.11. The summed E-state index contributed by atoms with van der Waals surface area (Å²) in [6.07, 6.45) is 5.01. The van der Waals surface area contributed by atoms with Gasteiger partial charge in [0.2, 0.25) is 0 Å². The van der Waals surface area contributed by atoms with Crippen molar-refractivity contribution in [2.75, 3.05) is 24.7 Å². The third kappa shape index (κ3) is 5.86. The number of esters is 1. The number of rotatable bonds is 8. The summed E-state index contributed by atoms with van der Waals surface area (Å²) in [5.74, 6) is 2.13. The normalized spacial score (nSPS) is 10.1. The molecule has 5 nitrogen and oxygen atoms in total. The summed E-state index contributed by atoms with van der Waals surface area (Å²) in [5.41, 5.74) is 0.923. The van der Waals surface area contributed by atoms with Gasteiger partial charge in [-0.2, -0.15) is 11.8 Å². The lowest BCUT2D eigenvalue weighted by molar-refractivity contribution is -0.140. The van der Waals surface area contributed by atoms with Gasteiger partial charge in [-0.15, -0.1) is 0 Å². The van der Waals surface area contributed by atoms with Crippen LogP contribution in [-0.4, -0.2) is 35.3 Å². The quantitative estimate of drug-likeness (QED) is 0.576. The molecule has 1 aromatic heterocycles. The van der Waals surface area contributed by atoms with Crippen LogP contribution < -0.4 is 5.32 Å². The van der Waals surface area contributed by atoms with Crippen LogP contribution in [0.1, 0.15) is 25.5 Å². The van der Waals surface area contributed by atoms with Gasteiger partial charge < -0.3 is 10.1 Å². The fourth-order valence-electron chi connectivity index (χ4n) is 1.21. The van der Waals surface area contributed by atoms with E-state index in [4.69, 9.17) is 0 Å². The van der Waals surface area contributed by atoms with Crippen molar-refractivity contribution in [3.63, 3.8) is 0 Å². The molecule has 0 radical (unpaired) electrons. The molecule has 0 aliphatic rings. The maximum atomic E-state index is 10.9. The predicted octanol–water partition coefficient (Wildman–Crippen LogP) is 2.09. The average molecular weight is 269 g/mol. The number of nitrogens with one attached hydrogen (secondary N) is 1. The zero-order valence-electron chi connectivity index (χ0n) is 10.8. The number of hydrogen-bond acceptors (Lipinski definition) is 6. The topological polar surface area (TPSA) is 64.1 Å². The van der Waals surface area contributed by atoms with Gasteiger partial charge in [-0.1, -0.05) is 6.92 Å². The first-order chi connectivity index (χ1) is 8.76. The lowest BCUT2D eigenvalue weighted by Crippen LogP contribution is -2.03. The summed E-state index contributed by atoms with van der Waals surface area (Å²) < 4.78 is 4.57. The Balaban J connectivity index is 2.24. The van der Waals surface area contributed by atoms with Gasteiger partial charge in [0, 0.05) is 18.1 Å². The van der Waals surface area contributed by atoms with Crippen molar-refractivity contribution in [2.45, 2.75) is 25.5 Å². The first kappa shape index (κ1) is 14.8. The highest BCUT2D eigenvalue weighted by Gasteiger charge is 2.01. The Hall–Kier alpha value is -1.30. The molecule has 0 spiro atoms. The maximum Gasteiger partial charge on any atom is 0.306 e. The minimum Gasteiger partial charge on any atom is -0.469 e. The molecule has 6 heteroatoms. The summed E-state index contributed by atoms with van der Waals surface area (Å²) in [4.78, 5) is 19.5. The Morgan fingerprint density at radius 2 is 2.28 bits per heavy atom. The van der Waals surface area contributed by atoms with Gasteiger partial charge in [0.1, 0.15) is 5.82 Å². The smallest absolute Gasteiger partial charge is 0.306 e. The minimum atomic E-state index is -0.173. The van der Waals surface area contributed by atoms with E-state index in [9.17, 15) is 4.79 Å². The summed E-state index contributed by atoms with van der Waals surface area (Å²) in [7, 11) is 1.40. The van der Waals surface area contributed by atoms with Gasteiger partial charge in [0.25, 0.3) is 0 Å². The van der Waals surface area contributed by atoms with Gasteiger partial charge in [0.05, 0.1) is 31.6 Å². The first-order valence-corrected chi connectivity index (χ1v) is 7.11. The van der Waals surface area contributed by atoms with E-state index in [0.717, 1.165) is 36.0 Å². The minimum absolute atomic E-state index is 0.173. The fraction of sp³-hybridized carbons (Fsp3) is 0.583. The standard InChI is InChI=1S/C12H19N3O2S/c1-3-5-13-11-8-14-10(7-15-11)9-18-6-4-12(16)17-2/h7-8H,3-6,9H2,1-2H3,(H,13,15). The third-order valence-electron chi connectivity index (χ3n) is 2.19. The number of anilines is 1. The largest absolute Gasteiger partial charge is 0.469 e. The third-order valence-corrected chi connectivity index (χ3v) is 3.18. The first-order valence-electron chi connectivity index (χ1n) is 5.95. The summed E-state index contributed by atoms with van der Waals surface area (Å²) in [6, 6.07) is 0. The Morgan fingerprint density at radius 1 is 1.44 bits per heavy atom. The molecular formula is C12H19N3O2S. The molecule has 0 aromatic carbocycles. The molecule has 0 aliphatic carbocycles. The lowest BCUT2D eigenvalue weighted by Gasteiger charge is -2.04. The van der Waals surface area contributed by atoms with E-state index in [0.29, 0.717) is 6.42 Å². The monoisotopic (exact) mass is 269 g/mol. The van der Waals surface area contributed by atoms with E-state index in [1.807, 2.05) is 0 Å². The van der Waals surface area contributed by atoms with Crippen LogP contribution in [0.15, 0.2) is 12.4 Å². The van der Waals surface area contributed by atoms with Crippen molar-refractivity contribution in [3.8, 4) is 0 Å². The van der Waals surface area contributed by atoms with Gasteiger partial charge in [-0.25, -0.2) is 4.98 Å². The van der Waals surface area contributed by atoms with E-state index >= 15 is 0 Å². The van der Waals surface area contributed by atoms with Crippen LogP contribution in [-0.2, 0) is 15.3 Å². The van der Waals surface area contributed by atoms with Crippen molar-refractivity contribution in [2.24, 2.45) is 0 Å². The molecule has 0 atom stereocenters. The molecule has 0 amide bonds. The number of aromatic nitrogens is 2. The lowest BCUT2D eigenvalue weighted by atomic mass is 10.4. The molecule has 1 N–H and O–H groups in total. The second-order valence-corrected chi connectivity index (χ2v) is 4.80. The molecule has 1 heterocycles. The zero-order valence-corrected chi connectivity index (χ0v) is 11.6. The number of thioether (sulfide) groups is 1. The molecule has 0 saturated heterocycles.